The van der Waals surface area contributed by atoms with Crippen molar-refractivity contribution in [1.82, 2.24) is 0 Å². The first-order chi connectivity index (χ1) is 9.15. The van der Waals surface area contributed by atoms with Crippen LogP contribution in [0.1, 0.15) is 78.1 Å². The average molecular weight is 622 g/mol. The Hall–Kier alpha value is 2.68. The Kier molecular flexibility index (Phi) is 28.9. The molecule has 0 aromatic carbocycles. The highest BCUT2D eigenvalue weighted by atomic mass is 127. The minimum absolute atomic E-state index is 0.229. The highest BCUT2D eigenvalue weighted by molar-refractivity contribution is 14.4. The second-order valence-corrected chi connectivity index (χ2v) is 37.8. The van der Waals surface area contributed by atoms with Gasteiger partial charge in [0, 0.05) is 13.2 Å². The molecule has 0 atom stereocenters. The maximum absolute atomic E-state index is 5.59. The van der Waals surface area contributed by atoms with Gasteiger partial charge < -0.3 is 4.74 Å². The zero-order valence-electron chi connectivity index (χ0n) is 12.6. The number of hydrogen-bond acceptors (Lipinski definition) is 1. The molecule has 0 aliphatic heterocycles. The maximum Gasteiger partial charge on any atom is 0.524 e. The van der Waals surface area contributed by atoms with Gasteiger partial charge in [-0.3, -0.25) is 0 Å². The van der Waals surface area contributed by atoms with Crippen LogP contribution in [0.3, 0.4) is 0 Å². The van der Waals surface area contributed by atoms with Gasteiger partial charge in [-0.25, -0.2) is 0 Å². The van der Waals surface area contributed by atoms with Crippen LogP contribution in [0.2, 0.25) is 0 Å². The van der Waals surface area contributed by atoms with Crippen LogP contribution in [0.4, 0.5) is 0 Å². The lowest BCUT2D eigenvalue weighted by Crippen LogP contribution is -1.97. The van der Waals surface area contributed by atoms with E-state index in [9.17, 15) is 0 Å². The fraction of sp³-hybridized carbons (Fsp3) is 1.00. The third-order valence-electron chi connectivity index (χ3n) is 2.78. The van der Waals surface area contributed by atoms with Crippen molar-refractivity contribution in [3.8, 4) is 0 Å². The second kappa shape index (κ2) is 23.0. The number of hydrogen-bond donors (Lipinski definition) is 0. The van der Waals surface area contributed by atoms with Crippen molar-refractivity contribution in [1.29, 1.82) is 0 Å². The van der Waals surface area contributed by atoms with Crippen molar-refractivity contribution in [2.45, 2.75) is 78.1 Å². The SMILES string of the molecule is CCCCCCCOCCCCCCC.[I][Al]([I])[I]. The molecular formula is C14H30AlI3O. The summed E-state index contributed by atoms with van der Waals surface area (Å²) in [6.07, 6.45) is 13.4. The Labute approximate surface area is 159 Å². The van der Waals surface area contributed by atoms with Crippen molar-refractivity contribution in [2.75, 3.05) is 13.2 Å². The van der Waals surface area contributed by atoms with Gasteiger partial charge >= 0.3 is 4.30 Å². The molecule has 0 fully saturated rings. The zero-order valence-corrected chi connectivity index (χ0v) is 20.2. The van der Waals surface area contributed by atoms with Gasteiger partial charge in [-0.05, 0) is 12.8 Å². The van der Waals surface area contributed by atoms with Crippen LogP contribution in [0, 0.1) is 0 Å². The molecule has 0 aromatic rings. The molecule has 1 nitrogen and oxygen atoms in total. The molecule has 19 heavy (non-hydrogen) atoms. The van der Waals surface area contributed by atoms with Crippen LogP contribution in [-0.2, 0) is 4.74 Å². The molecule has 0 saturated heterocycles. The van der Waals surface area contributed by atoms with Gasteiger partial charge in [-0.2, -0.15) is 60.8 Å². The van der Waals surface area contributed by atoms with Crippen molar-refractivity contribution >= 4 is 65.1 Å². The summed E-state index contributed by atoms with van der Waals surface area (Å²) in [5.41, 5.74) is 0. The fourth-order valence-electron chi connectivity index (χ4n) is 1.72. The Morgan fingerprint density at radius 1 is 0.632 bits per heavy atom. The van der Waals surface area contributed by atoms with Gasteiger partial charge in [0.25, 0.3) is 0 Å². The number of unbranched alkanes of at least 4 members (excludes halogenated alkanes) is 8. The lowest BCUT2D eigenvalue weighted by atomic mass is 10.1. The van der Waals surface area contributed by atoms with Crippen LogP contribution in [0.25, 0.3) is 0 Å². The molecule has 0 aromatic heterocycles. The average Bonchev–Trinajstić information content (AvgIpc) is 2.35. The number of halogens is 3. The van der Waals surface area contributed by atoms with E-state index in [1.165, 1.54) is 64.2 Å². The maximum atomic E-state index is 5.59. The molecule has 0 radical (unpaired) electrons. The first kappa shape index (κ1) is 23.9. The summed E-state index contributed by atoms with van der Waals surface area (Å²) in [7, 11) is 0. The zero-order chi connectivity index (χ0) is 14.8. The topological polar surface area (TPSA) is 9.23 Å². The summed E-state index contributed by atoms with van der Waals surface area (Å²) in [5, 5.41) is 0. The van der Waals surface area contributed by atoms with Gasteiger partial charge in [0.1, 0.15) is 0 Å². The molecule has 0 aliphatic rings. The predicted molar refractivity (Wildman–Crippen MR) is 116 cm³/mol. The molecule has 0 spiro atoms. The Morgan fingerprint density at radius 3 is 1.26 bits per heavy atom. The van der Waals surface area contributed by atoms with E-state index in [0.717, 1.165) is 13.2 Å². The standard InChI is InChI=1S/C14H30O.Al.3HI/c1-3-5-7-9-11-13-15-14-12-10-8-6-4-2;;;;/h3-14H2,1-2H3;;3*1H/q;+3;;;/p-3. The van der Waals surface area contributed by atoms with Crippen LogP contribution in [0.15, 0.2) is 0 Å². The molecular weight excluding hydrogens is 592 g/mol. The number of rotatable bonds is 12. The highest BCUT2D eigenvalue weighted by Crippen LogP contribution is 2.10. The Balaban J connectivity index is 0. The quantitative estimate of drug-likeness (QED) is 0.127. The largest absolute Gasteiger partial charge is 0.524 e. The van der Waals surface area contributed by atoms with Gasteiger partial charge in [0.2, 0.25) is 0 Å². The summed E-state index contributed by atoms with van der Waals surface area (Å²) >= 11 is 7.37. The second-order valence-electron chi connectivity index (χ2n) is 4.69. The monoisotopic (exact) mass is 622 g/mol. The van der Waals surface area contributed by atoms with E-state index in [-0.39, 0.29) is 4.30 Å². The van der Waals surface area contributed by atoms with Gasteiger partial charge in [0.05, 0.1) is 0 Å². The summed E-state index contributed by atoms with van der Waals surface area (Å²) in [6, 6.07) is 0. The van der Waals surface area contributed by atoms with E-state index in [1.54, 1.807) is 0 Å². The van der Waals surface area contributed by atoms with E-state index >= 15 is 0 Å². The van der Waals surface area contributed by atoms with Crippen LogP contribution in [-0.4, -0.2) is 17.5 Å². The van der Waals surface area contributed by atoms with Gasteiger partial charge in [-0.1, -0.05) is 65.2 Å². The number of ether oxygens (including phenoxy) is 1. The molecule has 0 N–H and O–H groups in total. The van der Waals surface area contributed by atoms with Gasteiger partial charge in [0.15, 0.2) is 0 Å². The normalized spacial score (nSPS) is 9.95. The van der Waals surface area contributed by atoms with E-state index in [0.29, 0.717) is 0 Å². The van der Waals surface area contributed by atoms with Crippen molar-refractivity contribution in [3.05, 3.63) is 0 Å². The van der Waals surface area contributed by atoms with Crippen molar-refractivity contribution in [3.63, 3.8) is 0 Å². The predicted octanol–water partition coefficient (Wildman–Crippen LogP) is 7.22. The molecule has 0 amide bonds. The minimum atomic E-state index is -0.229. The van der Waals surface area contributed by atoms with Crippen molar-refractivity contribution < 1.29 is 4.74 Å². The first-order valence-corrected chi connectivity index (χ1v) is 20.2. The van der Waals surface area contributed by atoms with Crippen molar-refractivity contribution in [2.24, 2.45) is 0 Å². The van der Waals surface area contributed by atoms with E-state index in [4.69, 9.17) is 4.74 Å². The van der Waals surface area contributed by atoms with Crippen LogP contribution in [0.5, 0.6) is 0 Å². The van der Waals surface area contributed by atoms with Crippen LogP contribution < -0.4 is 0 Å². The molecule has 0 aliphatic carbocycles. The lowest BCUT2D eigenvalue weighted by molar-refractivity contribution is 0.125. The van der Waals surface area contributed by atoms with E-state index < -0.39 is 0 Å². The lowest BCUT2D eigenvalue weighted by Gasteiger charge is -2.03. The molecule has 0 saturated carbocycles. The summed E-state index contributed by atoms with van der Waals surface area (Å²) in [6.45, 7) is 6.48. The molecule has 5 heteroatoms. The van der Waals surface area contributed by atoms with Crippen LogP contribution >= 0.6 is 60.8 Å². The minimum Gasteiger partial charge on any atom is -0.381 e. The van der Waals surface area contributed by atoms with Gasteiger partial charge in [-0.15, -0.1) is 0 Å². The fourth-order valence-corrected chi connectivity index (χ4v) is 1.72. The summed E-state index contributed by atoms with van der Waals surface area (Å²) in [4.78, 5) is 0. The third-order valence-corrected chi connectivity index (χ3v) is 2.78. The first-order valence-electron chi connectivity index (χ1n) is 7.65. The Bertz CT molecular complexity index is 134. The molecule has 0 bridgehead atoms. The smallest absolute Gasteiger partial charge is 0.381 e. The van der Waals surface area contributed by atoms with E-state index in [2.05, 4.69) is 74.7 Å². The Morgan fingerprint density at radius 2 is 0.947 bits per heavy atom. The molecule has 116 valence electrons. The molecule has 0 rings (SSSR count). The summed E-state index contributed by atoms with van der Waals surface area (Å²) < 4.78 is 5.37. The molecule has 0 unspecified atom stereocenters. The highest BCUT2D eigenvalue weighted by Gasteiger charge is 1.94. The van der Waals surface area contributed by atoms with E-state index in [1.807, 2.05) is 0 Å². The third kappa shape index (κ3) is 33.5. The molecule has 0 heterocycles. The summed E-state index contributed by atoms with van der Waals surface area (Å²) in [5.74, 6) is 0.